The Morgan fingerprint density at radius 1 is 1.05 bits per heavy atom. The second kappa shape index (κ2) is 5.92. The van der Waals surface area contributed by atoms with E-state index in [0.29, 0.717) is 5.56 Å². The van der Waals surface area contributed by atoms with Crippen LogP contribution >= 0.6 is 22.6 Å². The number of hydrogen-bond donors (Lipinski definition) is 1. The summed E-state index contributed by atoms with van der Waals surface area (Å²) < 4.78 is 25.7. The highest BCUT2D eigenvalue weighted by Gasteiger charge is 2.22. The van der Waals surface area contributed by atoms with E-state index in [1.165, 1.54) is 24.3 Å². The lowest BCUT2D eigenvalue weighted by Gasteiger charge is -2.08. The van der Waals surface area contributed by atoms with Crippen LogP contribution in [0.1, 0.15) is 15.9 Å². The van der Waals surface area contributed by atoms with E-state index in [1.807, 2.05) is 12.1 Å². The minimum Gasteiger partial charge on any atom is -0.478 e. The molecule has 0 saturated heterocycles. The van der Waals surface area contributed by atoms with Gasteiger partial charge >= 0.3 is 5.97 Å². The smallest absolute Gasteiger partial charge is 0.337 e. The highest BCUT2D eigenvalue weighted by molar-refractivity contribution is 14.1. The molecule has 0 radical (unpaired) electrons. The molecule has 0 aromatic heterocycles. The number of carbonyl (C=O) groups is 1. The number of halogens is 1. The highest BCUT2D eigenvalue weighted by Crippen LogP contribution is 2.21. The fraction of sp³-hybridized carbons (Fsp3) is 0.0714. The monoisotopic (exact) mass is 402 g/mol. The Morgan fingerprint density at radius 2 is 1.65 bits per heavy atom. The van der Waals surface area contributed by atoms with Crippen molar-refractivity contribution in [3.05, 3.63) is 63.2 Å². The Bertz CT molecular complexity index is 736. The SMILES string of the molecule is O=C(O)c1ccccc1S(=O)(=O)Cc1ccc(I)cc1. The zero-order valence-corrected chi connectivity index (χ0v) is 13.3. The summed E-state index contributed by atoms with van der Waals surface area (Å²) in [6.07, 6.45) is 0. The van der Waals surface area contributed by atoms with Crippen molar-refractivity contribution in [2.45, 2.75) is 10.6 Å². The molecule has 0 amide bonds. The predicted octanol–water partition coefficient (Wildman–Crippen LogP) is 2.96. The third-order valence-corrected chi connectivity index (χ3v) is 5.18. The van der Waals surface area contributed by atoms with Crippen LogP contribution in [0.15, 0.2) is 53.4 Å². The van der Waals surface area contributed by atoms with Crippen LogP contribution in [0.4, 0.5) is 0 Å². The van der Waals surface area contributed by atoms with E-state index in [4.69, 9.17) is 5.11 Å². The molecule has 0 fully saturated rings. The van der Waals surface area contributed by atoms with Crippen LogP contribution in [0.5, 0.6) is 0 Å². The van der Waals surface area contributed by atoms with Crippen LogP contribution in [-0.2, 0) is 15.6 Å². The molecule has 0 aliphatic rings. The van der Waals surface area contributed by atoms with Crippen LogP contribution in [0, 0.1) is 3.57 Å². The average Bonchev–Trinajstić information content (AvgIpc) is 2.41. The van der Waals surface area contributed by atoms with Crippen LogP contribution in [0.3, 0.4) is 0 Å². The van der Waals surface area contributed by atoms with Gasteiger partial charge in [-0.2, -0.15) is 0 Å². The van der Waals surface area contributed by atoms with E-state index >= 15 is 0 Å². The van der Waals surface area contributed by atoms with E-state index in [1.54, 1.807) is 12.1 Å². The Labute approximate surface area is 130 Å². The number of aromatic carboxylic acids is 1. The molecular formula is C14H11IO4S. The molecule has 2 aromatic rings. The van der Waals surface area contributed by atoms with Crippen molar-refractivity contribution in [1.82, 2.24) is 0 Å². The van der Waals surface area contributed by atoms with Gasteiger partial charge in [0, 0.05) is 3.57 Å². The van der Waals surface area contributed by atoms with E-state index in [2.05, 4.69) is 22.6 Å². The van der Waals surface area contributed by atoms with Crippen molar-refractivity contribution in [2.24, 2.45) is 0 Å². The van der Waals surface area contributed by atoms with Crippen LogP contribution in [0.25, 0.3) is 0 Å². The molecular weight excluding hydrogens is 391 g/mol. The Morgan fingerprint density at radius 3 is 2.25 bits per heavy atom. The van der Waals surface area contributed by atoms with Crippen molar-refractivity contribution in [2.75, 3.05) is 0 Å². The largest absolute Gasteiger partial charge is 0.478 e. The second-order valence-corrected chi connectivity index (χ2v) is 7.39. The summed E-state index contributed by atoms with van der Waals surface area (Å²) in [5.74, 6) is -1.46. The molecule has 2 rings (SSSR count). The molecule has 0 unspecified atom stereocenters. The zero-order valence-electron chi connectivity index (χ0n) is 10.3. The summed E-state index contributed by atoms with van der Waals surface area (Å²) in [4.78, 5) is 11.0. The summed E-state index contributed by atoms with van der Waals surface area (Å²) in [7, 11) is -3.69. The average molecular weight is 402 g/mol. The van der Waals surface area contributed by atoms with Crippen LogP contribution < -0.4 is 0 Å². The van der Waals surface area contributed by atoms with Crippen LogP contribution in [0.2, 0.25) is 0 Å². The number of benzene rings is 2. The molecule has 0 heterocycles. The van der Waals surface area contributed by atoms with E-state index in [0.717, 1.165) is 3.57 Å². The molecule has 6 heteroatoms. The van der Waals surface area contributed by atoms with E-state index < -0.39 is 15.8 Å². The minimum atomic E-state index is -3.69. The van der Waals surface area contributed by atoms with Crippen molar-refractivity contribution < 1.29 is 18.3 Å². The highest BCUT2D eigenvalue weighted by atomic mass is 127. The van der Waals surface area contributed by atoms with Gasteiger partial charge in [-0.05, 0) is 52.4 Å². The third kappa shape index (κ3) is 3.37. The summed E-state index contributed by atoms with van der Waals surface area (Å²) in [5.41, 5.74) is 0.434. The number of carboxylic acid groups (broad SMARTS) is 1. The van der Waals surface area contributed by atoms with E-state index in [9.17, 15) is 13.2 Å². The molecule has 0 aliphatic carbocycles. The second-order valence-electron chi connectivity index (χ2n) is 4.19. The lowest BCUT2D eigenvalue weighted by molar-refractivity contribution is 0.0692. The van der Waals surface area contributed by atoms with Crippen molar-refractivity contribution in [1.29, 1.82) is 0 Å². The molecule has 4 nitrogen and oxygen atoms in total. The molecule has 20 heavy (non-hydrogen) atoms. The first-order valence-electron chi connectivity index (χ1n) is 5.70. The molecule has 0 bridgehead atoms. The maximum atomic E-state index is 12.3. The standard InChI is InChI=1S/C14H11IO4S/c15-11-7-5-10(6-8-11)9-20(18,19)13-4-2-1-3-12(13)14(16)17/h1-8H,9H2,(H,16,17). The predicted molar refractivity (Wildman–Crippen MR) is 83.5 cm³/mol. The fourth-order valence-electron chi connectivity index (χ4n) is 1.79. The van der Waals surface area contributed by atoms with Gasteiger partial charge in [0.2, 0.25) is 0 Å². The lowest BCUT2D eigenvalue weighted by atomic mass is 10.2. The number of carboxylic acids is 1. The zero-order chi connectivity index (χ0) is 14.8. The Kier molecular flexibility index (Phi) is 4.44. The maximum Gasteiger partial charge on any atom is 0.337 e. The summed E-state index contributed by atoms with van der Waals surface area (Å²) in [6.45, 7) is 0. The van der Waals surface area contributed by atoms with Gasteiger partial charge in [-0.1, -0.05) is 24.3 Å². The fourth-order valence-corrected chi connectivity index (χ4v) is 3.72. The topological polar surface area (TPSA) is 71.4 Å². The normalized spacial score (nSPS) is 11.2. The van der Waals surface area contributed by atoms with Gasteiger partial charge in [-0.25, -0.2) is 13.2 Å². The molecule has 0 spiro atoms. The van der Waals surface area contributed by atoms with E-state index in [-0.39, 0.29) is 16.2 Å². The Hall–Kier alpha value is -1.41. The van der Waals surface area contributed by atoms with Gasteiger partial charge in [0.25, 0.3) is 0 Å². The van der Waals surface area contributed by atoms with Crippen LogP contribution in [-0.4, -0.2) is 19.5 Å². The molecule has 2 aromatic carbocycles. The molecule has 1 N–H and O–H groups in total. The molecule has 0 saturated carbocycles. The Balaban J connectivity index is 2.41. The summed E-state index contributed by atoms with van der Waals surface area (Å²) in [6, 6.07) is 12.7. The van der Waals surface area contributed by atoms with Gasteiger partial charge < -0.3 is 5.11 Å². The number of sulfone groups is 1. The van der Waals surface area contributed by atoms with Gasteiger partial charge in [-0.15, -0.1) is 0 Å². The van der Waals surface area contributed by atoms with Gasteiger partial charge in [0.15, 0.2) is 9.84 Å². The molecule has 0 aliphatic heterocycles. The first-order valence-corrected chi connectivity index (χ1v) is 8.43. The van der Waals surface area contributed by atoms with Crippen molar-refractivity contribution in [3.63, 3.8) is 0 Å². The lowest BCUT2D eigenvalue weighted by Crippen LogP contribution is -2.11. The number of rotatable bonds is 4. The number of hydrogen-bond acceptors (Lipinski definition) is 3. The summed E-state index contributed by atoms with van der Waals surface area (Å²) in [5, 5.41) is 9.07. The van der Waals surface area contributed by atoms with Gasteiger partial charge in [-0.3, -0.25) is 0 Å². The summed E-state index contributed by atoms with van der Waals surface area (Å²) >= 11 is 2.13. The quantitative estimate of drug-likeness (QED) is 0.799. The first kappa shape index (κ1) is 15.0. The van der Waals surface area contributed by atoms with Crippen molar-refractivity contribution in [3.8, 4) is 0 Å². The maximum absolute atomic E-state index is 12.3. The molecule has 104 valence electrons. The molecule has 0 atom stereocenters. The first-order chi connectivity index (χ1) is 9.40. The van der Waals surface area contributed by atoms with Gasteiger partial charge in [0.05, 0.1) is 16.2 Å². The minimum absolute atomic E-state index is 0.147. The third-order valence-electron chi connectivity index (χ3n) is 2.72. The van der Waals surface area contributed by atoms with Crippen molar-refractivity contribution >= 4 is 38.4 Å². The van der Waals surface area contributed by atoms with Gasteiger partial charge in [0.1, 0.15) is 0 Å².